The molecule has 0 unspecified atom stereocenters. The van der Waals surface area contributed by atoms with Gasteiger partial charge in [0.2, 0.25) is 0 Å². The fourth-order valence-electron chi connectivity index (χ4n) is 1.98. The molecule has 0 saturated carbocycles. The van der Waals surface area contributed by atoms with Crippen LogP contribution in [0.4, 0.5) is 0 Å². The Morgan fingerprint density at radius 2 is 2.00 bits per heavy atom. The first-order valence-electron chi connectivity index (χ1n) is 6.20. The number of hydrogen-bond donors (Lipinski definition) is 0. The number of sulfone groups is 1. The molecule has 1 atom stereocenters. The van der Waals surface area contributed by atoms with Gasteiger partial charge >= 0.3 is 11.9 Å². The van der Waals surface area contributed by atoms with Gasteiger partial charge in [-0.15, -0.1) is 0 Å². The van der Waals surface area contributed by atoms with Crippen molar-refractivity contribution in [1.29, 1.82) is 0 Å². The summed E-state index contributed by atoms with van der Waals surface area (Å²) < 4.78 is 32.3. The van der Waals surface area contributed by atoms with Crippen LogP contribution in [0.5, 0.6) is 5.75 Å². The molecule has 0 saturated heterocycles. The number of carbonyl (C=O) groups excluding carboxylic acids is 2. The van der Waals surface area contributed by atoms with E-state index in [1.54, 1.807) is 12.1 Å². The molecule has 0 spiro atoms. The van der Waals surface area contributed by atoms with Crippen molar-refractivity contribution < 1.29 is 27.5 Å². The predicted molar refractivity (Wildman–Crippen MR) is 74.5 cm³/mol. The van der Waals surface area contributed by atoms with Crippen LogP contribution in [0.25, 0.3) is 0 Å². The van der Waals surface area contributed by atoms with Gasteiger partial charge in [0.25, 0.3) is 0 Å². The predicted octanol–water partition coefficient (Wildman–Crippen LogP) is 1.33. The second kappa shape index (κ2) is 6.09. The fourth-order valence-corrected chi connectivity index (χ4v) is 3.38. The second-order valence-corrected chi connectivity index (χ2v) is 6.52. The minimum atomic E-state index is -3.20. The van der Waals surface area contributed by atoms with Gasteiger partial charge in [0.15, 0.2) is 9.84 Å². The zero-order valence-electron chi connectivity index (χ0n) is 11.3. The van der Waals surface area contributed by atoms with Crippen molar-refractivity contribution in [1.82, 2.24) is 0 Å². The van der Waals surface area contributed by atoms with E-state index in [1.165, 1.54) is 25.3 Å². The van der Waals surface area contributed by atoms with E-state index in [-0.39, 0.29) is 23.5 Å². The normalized spacial score (nSPS) is 19.2. The molecule has 1 aromatic rings. The van der Waals surface area contributed by atoms with Gasteiger partial charge < -0.3 is 9.47 Å². The molecule has 0 fully saturated rings. The Labute approximate surface area is 122 Å². The summed E-state index contributed by atoms with van der Waals surface area (Å²) in [4.78, 5) is 23.4. The van der Waals surface area contributed by atoms with Gasteiger partial charge in [0, 0.05) is 11.3 Å². The van der Waals surface area contributed by atoms with Crippen molar-refractivity contribution in [3.05, 3.63) is 41.3 Å². The number of carbonyl (C=O) groups is 2. The van der Waals surface area contributed by atoms with Crippen molar-refractivity contribution in [2.75, 3.05) is 12.9 Å². The van der Waals surface area contributed by atoms with E-state index >= 15 is 0 Å². The number of rotatable bonds is 4. The third kappa shape index (κ3) is 3.91. The van der Waals surface area contributed by atoms with E-state index in [0.717, 1.165) is 5.41 Å². The van der Waals surface area contributed by atoms with Crippen LogP contribution in [0.15, 0.2) is 35.7 Å². The Bertz CT molecular complexity index is 689. The van der Waals surface area contributed by atoms with E-state index < -0.39 is 27.7 Å². The van der Waals surface area contributed by atoms with Crippen LogP contribution in [0.3, 0.4) is 0 Å². The molecule has 6 nitrogen and oxygen atoms in total. The van der Waals surface area contributed by atoms with Crippen LogP contribution in [-0.2, 0) is 19.4 Å². The summed E-state index contributed by atoms with van der Waals surface area (Å²) in [6.45, 7) is 0. The fraction of sp³-hybridized carbons (Fsp3) is 0.286. The van der Waals surface area contributed by atoms with Crippen molar-refractivity contribution in [2.45, 2.75) is 6.42 Å². The van der Waals surface area contributed by atoms with Gasteiger partial charge in [-0.2, -0.15) is 0 Å². The summed E-state index contributed by atoms with van der Waals surface area (Å²) in [6, 6.07) is 6.20. The Morgan fingerprint density at radius 3 is 2.62 bits per heavy atom. The van der Waals surface area contributed by atoms with Crippen LogP contribution in [0.2, 0.25) is 0 Å². The summed E-state index contributed by atoms with van der Waals surface area (Å²) in [5, 5.41) is 1.10. The lowest BCUT2D eigenvalue weighted by atomic mass is 10.1. The number of methoxy groups -OCH3 is 1. The molecule has 0 aromatic heterocycles. The lowest BCUT2D eigenvalue weighted by Gasteiger charge is -2.10. The number of hydrogen-bond acceptors (Lipinski definition) is 6. The van der Waals surface area contributed by atoms with E-state index in [4.69, 9.17) is 4.74 Å². The molecule has 112 valence electrons. The second-order valence-electron chi connectivity index (χ2n) is 4.58. The van der Waals surface area contributed by atoms with Crippen LogP contribution in [0.1, 0.15) is 16.8 Å². The molecule has 0 bridgehead atoms. The molecule has 2 rings (SSSR count). The van der Waals surface area contributed by atoms with Crippen molar-refractivity contribution in [3.8, 4) is 5.75 Å². The molecule has 1 aliphatic rings. The molecule has 1 aliphatic heterocycles. The lowest BCUT2D eigenvalue weighted by molar-refractivity contribution is -0.134. The number of benzene rings is 1. The third-order valence-corrected chi connectivity index (χ3v) is 4.41. The highest BCUT2D eigenvalue weighted by atomic mass is 32.2. The summed E-state index contributed by atoms with van der Waals surface area (Å²) in [5.41, 5.74) is 0.142. The lowest BCUT2D eigenvalue weighted by Crippen LogP contribution is -2.17. The van der Waals surface area contributed by atoms with Gasteiger partial charge in [-0.25, -0.2) is 13.2 Å². The first kappa shape index (κ1) is 15.2. The van der Waals surface area contributed by atoms with E-state index in [1.807, 2.05) is 0 Å². The molecular formula is C14H14O6S. The van der Waals surface area contributed by atoms with Crippen LogP contribution < -0.4 is 4.74 Å². The van der Waals surface area contributed by atoms with E-state index in [9.17, 15) is 18.0 Å². The van der Waals surface area contributed by atoms with Crippen LogP contribution in [-0.4, -0.2) is 33.2 Å². The minimum Gasteiger partial charge on any atom is -0.465 e. The van der Waals surface area contributed by atoms with Gasteiger partial charge in [0.1, 0.15) is 11.3 Å². The van der Waals surface area contributed by atoms with E-state index in [2.05, 4.69) is 4.74 Å². The van der Waals surface area contributed by atoms with Gasteiger partial charge in [-0.05, 0) is 12.1 Å². The zero-order chi connectivity index (χ0) is 15.5. The maximum Gasteiger partial charge on any atom is 0.341 e. The van der Waals surface area contributed by atoms with Crippen LogP contribution in [0, 0.1) is 5.92 Å². The smallest absolute Gasteiger partial charge is 0.341 e. The Hall–Kier alpha value is -2.15. The number of para-hydroxylation sites is 1. The van der Waals surface area contributed by atoms with E-state index in [0.29, 0.717) is 0 Å². The molecule has 0 radical (unpaired) electrons. The van der Waals surface area contributed by atoms with Crippen LogP contribution >= 0.6 is 0 Å². The highest BCUT2D eigenvalue weighted by molar-refractivity contribution is 7.94. The van der Waals surface area contributed by atoms with Gasteiger partial charge in [-0.1, -0.05) is 18.2 Å². The number of esters is 2. The summed E-state index contributed by atoms with van der Waals surface area (Å²) >= 11 is 0. The van der Waals surface area contributed by atoms with Gasteiger partial charge in [0.05, 0.1) is 19.3 Å². The first-order chi connectivity index (χ1) is 9.91. The standard InChI is InChI=1S/C14H14O6S/c1-19-14(16)11-4-2-3-5-12(11)20-13(15)8-10-6-7-21(17,18)9-10/h2-7,10H,8-9H2,1H3/t10-/m1/s1. The summed E-state index contributed by atoms with van der Waals surface area (Å²) in [5.74, 6) is -1.60. The Morgan fingerprint density at radius 1 is 1.29 bits per heavy atom. The highest BCUT2D eigenvalue weighted by Gasteiger charge is 2.25. The molecule has 1 heterocycles. The third-order valence-electron chi connectivity index (χ3n) is 2.95. The average molecular weight is 310 g/mol. The van der Waals surface area contributed by atoms with Crippen molar-refractivity contribution in [2.24, 2.45) is 5.92 Å². The zero-order valence-corrected chi connectivity index (χ0v) is 12.1. The number of allylic oxidation sites excluding steroid dienone is 1. The molecule has 0 N–H and O–H groups in total. The van der Waals surface area contributed by atoms with Crippen molar-refractivity contribution >= 4 is 21.8 Å². The largest absolute Gasteiger partial charge is 0.465 e. The molecule has 1 aromatic carbocycles. The van der Waals surface area contributed by atoms with Crippen molar-refractivity contribution in [3.63, 3.8) is 0 Å². The Kier molecular flexibility index (Phi) is 4.42. The maximum atomic E-state index is 11.8. The molecule has 0 amide bonds. The Balaban J connectivity index is 2.04. The van der Waals surface area contributed by atoms with Gasteiger partial charge in [-0.3, -0.25) is 4.79 Å². The molecular weight excluding hydrogens is 296 g/mol. The summed E-state index contributed by atoms with van der Waals surface area (Å²) in [7, 11) is -1.97. The molecule has 0 aliphatic carbocycles. The summed E-state index contributed by atoms with van der Waals surface area (Å²) in [6.07, 6.45) is 1.41. The quantitative estimate of drug-likeness (QED) is 0.616. The monoisotopic (exact) mass is 310 g/mol. The first-order valence-corrected chi connectivity index (χ1v) is 7.92. The molecule has 21 heavy (non-hydrogen) atoms. The average Bonchev–Trinajstić information content (AvgIpc) is 2.77. The SMILES string of the molecule is COC(=O)c1ccccc1OC(=O)C[C@H]1C=CS(=O)(=O)C1. The minimum absolute atomic E-state index is 0.0642. The number of ether oxygens (including phenoxy) is 2. The maximum absolute atomic E-state index is 11.8. The highest BCUT2D eigenvalue weighted by Crippen LogP contribution is 2.22. The topological polar surface area (TPSA) is 86.7 Å². The molecule has 7 heteroatoms.